The Balaban J connectivity index is 2.37. The lowest BCUT2D eigenvalue weighted by atomic mass is 10.0. The summed E-state index contributed by atoms with van der Waals surface area (Å²) in [5.74, 6) is 1.75. The Labute approximate surface area is 93.3 Å². The Hall–Kier alpha value is -1.22. The number of hydrogen-bond acceptors (Lipinski definition) is 3. The zero-order valence-corrected chi connectivity index (χ0v) is 9.29. The molecule has 78 valence electrons. The van der Waals surface area contributed by atoms with E-state index in [1.165, 1.54) is 0 Å². The predicted molar refractivity (Wildman–Crippen MR) is 62.3 cm³/mol. The van der Waals surface area contributed by atoms with Gasteiger partial charge in [-0.05, 0) is 6.07 Å². The smallest absolute Gasteiger partial charge is 0.147 e. The SMILES string of the molecule is COc1ccccc1[C@H]1SCC=C1C=O. The lowest BCUT2D eigenvalue weighted by molar-refractivity contribution is -0.105. The monoisotopic (exact) mass is 220 g/mol. The van der Waals surface area contributed by atoms with Crippen LogP contribution in [0.1, 0.15) is 10.8 Å². The van der Waals surface area contributed by atoms with Crippen molar-refractivity contribution in [1.82, 2.24) is 0 Å². The van der Waals surface area contributed by atoms with Gasteiger partial charge in [-0.2, -0.15) is 0 Å². The minimum atomic E-state index is 0.138. The van der Waals surface area contributed by atoms with Crippen LogP contribution < -0.4 is 4.74 Å². The third-order valence-corrected chi connectivity index (χ3v) is 3.66. The standard InChI is InChI=1S/C12H12O2S/c1-14-11-5-3-2-4-10(11)12-9(8-13)6-7-15-12/h2-6,8,12H,7H2,1H3/t12-/m0/s1. The molecule has 3 heteroatoms. The molecule has 1 atom stereocenters. The highest BCUT2D eigenvalue weighted by Gasteiger charge is 2.23. The molecule has 0 saturated carbocycles. The van der Waals surface area contributed by atoms with E-state index in [1.807, 2.05) is 30.3 Å². The van der Waals surface area contributed by atoms with Crippen molar-refractivity contribution in [2.75, 3.05) is 12.9 Å². The number of rotatable bonds is 3. The lowest BCUT2D eigenvalue weighted by Crippen LogP contribution is -1.98. The molecule has 0 radical (unpaired) electrons. The molecule has 0 aliphatic carbocycles. The maximum absolute atomic E-state index is 10.9. The first-order valence-electron chi connectivity index (χ1n) is 4.76. The number of ether oxygens (including phenoxy) is 1. The van der Waals surface area contributed by atoms with Crippen LogP contribution in [-0.4, -0.2) is 19.1 Å². The molecule has 1 aliphatic rings. The molecule has 1 aromatic carbocycles. The summed E-state index contributed by atoms with van der Waals surface area (Å²) < 4.78 is 5.29. The van der Waals surface area contributed by atoms with Gasteiger partial charge in [0.1, 0.15) is 12.0 Å². The van der Waals surface area contributed by atoms with Gasteiger partial charge in [0.25, 0.3) is 0 Å². The van der Waals surface area contributed by atoms with E-state index in [1.54, 1.807) is 18.9 Å². The van der Waals surface area contributed by atoms with Gasteiger partial charge in [-0.3, -0.25) is 4.79 Å². The van der Waals surface area contributed by atoms with E-state index in [2.05, 4.69) is 0 Å². The average Bonchev–Trinajstić information content (AvgIpc) is 2.76. The summed E-state index contributed by atoms with van der Waals surface area (Å²) in [6, 6.07) is 7.85. The van der Waals surface area contributed by atoms with Crippen molar-refractivity contribution in [1.29, 1.82) is 0 Å². The minimum absolute atomic E-state index is 0.138. The Morgan fingerprint density at radius 3 is 3.00 bits per heavy atom. The molecule has 0 unspecified atom stereocenters. The zero-order chi connectivity index (χ0) is 10.7. The first-order valence-corrected chi connectivity index (χ1v) is 5.81. The van der Waals surface area contributed by atoms with Crippen LogP contribution in [0.5, 0.6) is 5.75 Å². The first-order chi connectivity index (χ1) is 7.36. The fourth-order valence-corrected chi connectivity index (χ4v) is 2.91. The number of hydrogen-bond donors (Lipinski definition) is 0. The second kappa shape index (κ2) is 4.53. The number of benzene rings is 1. The minimum Gasteiger partial charge on any atom is -0.496 e. The Morgan fingerprint density at radius 2 is 2.27 bits per heavy atom. The van der Waals surface area contributed by atoms with E-state index in [4.69, 9.17) is 4.74 Å². The van der Waals surface area contributed by atoms with Crippen LogP contribution in [0.25, 0.3) is 0 Å². The highest BCUT2D eigenvalue weighted by atomic mass is 32.2. The van der Waals surface area contributed by atoms with Crippen molar-refractivity contribution in [3.8, 4) is 5.75 Å². The van der Waals surface area contributed by atoms with Gasteiger partial charge in [-0.1, -0.05) is 24.3 Å². The van der Waals surface area contributed by atoms with Crippen LogP contribution >= 0.6 is 11.8 Å². The van der Waals surface area contributed by atoms with E-state index in [-0.39, 0.29) is 5.25 Å². The molecule has 1 aliphatic heterocycles. The molecule has 2 nitrogen and oxygen atoms in total. The van der Waals surface area contributed by atoms with Crippen LogP contribution in [0, 0.1) is 0 Å². The van der Waals surface area contributed by atoms with Crippen molar-refractivity contribution in [2.24, 2.45) is 0 Å². The number of para-hydroxylation sites is 1. The molecule has 1 heterocycles. The van der Waals surface area contributed by atoms with E-state index >= 15 is 0 Å². The molecule has 0 bridgehead atoms. The molecule has 0 N–H and O–H groups in total. The maximum atomic E-state index is 10.9. The van der Waals surface area contributed by atoms with Crippen molar-refractivity contribution < 1.29 is 9.53 Å². The number of carbonyl (C=O) groups excluding carboxylic acids is 1. The third kappa shape index (κ3) is 1.92. The second-order valence-corrected chi connectivity index (χ2v) is 4.42. The Bertz CT molecular complexity index is 398. The summed E-state index contributed by atoms with van der Waals surface area (Å²) in [7, 11) is 1.66. The molecule has 2 rings (SSSR count). The second-order valence-electron chi connectivity index (χ2n) is 3.28. The largest absolute Gasteiger partial charge is 0.496 e. The summed E-state index contributed by atoms with van der Waals surface area (Å²) >= 11 is 1.75. The van der Waals surface area contributed by atoms with Gasteiger partial charge >= 0.3 is 0 Å². The topological polar surface area (TPSA) is 26.3 Å². The zero-order valence-electron chi connectivity index (χ0n) is 8.47. The molecule has 15 heavy (non-hydrogen) atoms. The fraction of sp³-hybridized carbons (Fsp3) is 0.250. The van der Waals surface area contributed by atoms with E-state index < -0.39 is 0 Å². The molecule has 1 aromatic rings. The summed E-state index contributed by atoms with van der Waals surface area (Å²) in [6.45, 7) is 0. The van der Waals surface area contributed by atoms with Crippen LogP contribution in [0.2, 0.25) is 0 Å². The van der Waals surface area contributed by atoms with Gasteiger partial charge in [0, 0.05) is 16.9 Å². The van der Waals surface area contributed by atoms with Crippen molar-refractivity contribution in [3.63, 3.8) is 0 Å². The highest BCUT2D eigenvalue weighted by Crippen LogP contribution is 2.43. The summed E-state index contributed by atoms with van der Waals surface area (Å²) in [4.78, 5) is 10.9. The Morgan fingerprint density at radius 1 is 1.47 bits per heavy atom. The molecule has 0 saturated heterocycles. The molecule has 0 spiro atoms. The summed E-state index contributed by atoms with van der Waals surface area (Å²) in [6.07, 6.45) is 2.92. The molecule has 0 aromatic heterocycles. The van der Waals surface area contributed by atoms with Crippen LogP contribution in [0.15, 0.2) is 35.9 Å². The molecule has 0 amide bonds. The lowest BCUT2D eigenvalue weighted by Gasteiger charge is -2.14. The van der Waals surface area contributed by atoms with Gasteiger partial charge in [0.05, 0.1) is 12.4 Å². The van der Waals surface area contributed by atoms with Gasteiger partial charge in [-0.25, -0.2) is 0 Å². The van der Waals surface area contributed by atoms with Gasteiger partial charge < -0.3 is 4.74 Å². The van der Waals surface area contributed by atoms with Crippen LogP contribution in [0.4, 0.5) is 0 Å². The predicted octanol–water partition coefficient (Wildman–Crippen LogP) is 2.61. The normalized spacial score (nSPS) is 19.8. The van der Waals surface area contributed by atoms with Gasteiger partial charge in [-0.15, -0.1) is 11.8 Å². The Kier molecular flexibility index (Phi) is 3.11. The highest BCUT2D eigenvalue weighted by molar-refractivity contribution is 8.00. The summed E-state index contributed by atoms with van der Waals surface area (Å²) in [5, 5.41) is 0.138. The van der Waals surface area contributed by atoms with Crippen LogP contribution in [0.3, 0.4) is 0 Å². The number of carbonyl (C=O) groups is 1. The summed E-state index contributed by atoms with van der Waals surface area (Å²) in [5.41, 5.74) is 1.94. The fourth-order valence-electron chi connectivity index (χ4n) is 1.71. The van der Waals surface area contributed by atoms with E-state index in [9.17, 15) is 4.79 Å². The van der Waals surface area contributed by atoms with Crippen molar-refractivity contribution in [2.45, 2.75) is 5.25 Å². The van der Waals surface area contributed by atoms with Crippen molar-refractivity contribution >= 4 is 18.0 Å². The molecular weight excluding hydrogens is 208 g/mol. The van der Waals surface area contributed by atoms with Gasteiger partial charge in [0.2, 0.25) is 0 Å². The van der Waals surface area contributed by atoms with E-state index in [0.717, 1.165) is 28.9 Å². The van der Waals surface area contributed by atoms with Crippen LogP contribution in [-0.2, 0) is 4.79 Å². The number of thioether (sulfide) groups is 1. The van der Waals surface area contributed by atoms with Crippen molar-refractivity contribution in [3.05, 3.63) is 41.5 Å². The average molecular weight is 220 g/mol. The number of methoxy groups -OCH3 is 1. The molecule has 0 fully saturated rings. The third-order valence-electron chi connectivity index (χ3n) is 2.44. The number of aldehydes is 1. The first kappa shape index (κ1) is 10.3. The quantitative estimate of drug-likeness (QED) is 0.732. The van der Waals surface area contributed by atoms with Gasteiger partial charge in [0.15, 0.2) is 0 Å². The molecular formula is C12H12O2S. The maximum Gasteiger partial charge on any atom is 0.147 e. The van der Waals surface area contributed by atoms with E-state index in [0.29, 0.717) is 0 Å².